The highest BCUT2D eigenvalue weighted by atomic mass is 16.4. The van der Waals surface area contributed by atoms with Crippen molar-refractivity contribution in [2.75, 3.05) is 37.8 Å². The highest BCUT2D eigenvalue weighted by Gasteiger charge is 2.26. The SMILES string of the molecule is CN(C)CC1CCCN1c1ccc(C(=O)O)cc1N. The molecule has 1 heterocycles. The molecule has 1 saturated heterocycles. The van der Waals surface area contributed by atoms with Gasteiger partial charge in [-0.1, -0.05) is 0 Å². The maximum absolute atomic E-state index is 10.9. The second-order valence-electron chi connectivity index (χ2n) is 5.33. The molecule has 3 N–H and O–H groups in total. The summed E-state index contributed by atoms with van der Waals surface area (Å²) >= 11 is 0. The monoisotopic (exact) mass is 263 g/mol. The smallest absolute Gasteiger partial charge is 0.335 e. The van der Waals surface area contributed by atoms with Crippen LogP contribution in [0.25, 0.3) is 0 Å². The molecule has 1 unspecified atom stereocenters. The largest absolute Gasteiger partial charge is 0.478 e. The van der Waals surface area contributed by atoms with E-state index in [1.54, 1.807) is 12.1 Å². The first-order chi connectivity index (χ1) is 8.99. The third-order valence-electron chi connectivity index (χ3n) is 3.54. The molecule has 1 aliphatic rings. The molecule has 0 amide bonds. The lowest BCUT2D eigenvalue weighted by Crippen LogP contribution is -2.37. The lowest BCUT2D eigenvalue weighted by Gasteiger charge is -2.30. The quantitative estimate of drug-likeness (QED) is 0.806. The number of hydrogen-bond donors (Lipinski definition) is 2. The number of rotatable bonds is 4. The lowest BCUT2D eigenvalue weighted by atomic mass is 10.1. The van der Waals surface area contributed by atoms with Crippen molar-refractivity contribution in [2.24, 2.45) is 0 Å². The zero-order valence-electron chi connectivity index (χ0n) is 11.5. The lowest BCUT2D eigenvalue weighted by molar-refractivity contribution is 0.0697. The molecule has 0 spiro atoms. The maximum atomic E-state index is 10.9. The fraction of sp³-hybridized carbons (Fsp3) is 0.500. The normalized spacial score (nSPS) is 19.1. The Morgan fingerprint density at radius 1 is 1.53 bits per heavy atom. The number of carboxylic acids is 1. The van der Waals surface area contributed by atoms with E-state index < -0.39 is 5.97 Å². The van der Waals surface area contributed by atoms with E-state index >= 15 is 0 Å². The van der Waals surface area contributed by atoms with Gasteiger partial charge >= 0.3 is 5.97 Å². The zero-order valence-corrected chi connectivity index (χ0v) is 11.5. The summed E-state index contributed by atoms with van der Waals surface area (Å²) in [7, 11) is 4.13. The number of nitrogen functional groups attached to an aromatic ring is 1. The van der Waals surface area contributed by atoms with Gasteiger partial charge in [-0.2, -0.15) is 0 Å². The first-order valence-corrected chi connectivity index (χ1v) is 6.53. The zero-order chi connectivity index (χ0) is 14.0. The van der Waals surface area contributed by atoms with Crippen molar-refractivity contribution in [2.45, 2.75) is 18.9 Å². The van der Waals surface area contributed by atoms with Crippen LogP contribution in [0.5, 0.6) is 0 Å². The number of carboxylic acid groups (broad SMARTS) is 1. The van der Waals surface area contributed by atoms with Gasteiger partial charge in [-0.15, -0.1) is 0 Å². The van der Waals surface area contributed by atoms with Crippen LogP contribution in [0.1, 0.15) is 23.2 Å². The van der Waals surface area contributed by atoms with Gasteiger partial charge in [0.25, 0.3) is 0 Å². The van der Waals surface area contributed by atoms with Crippen LogP contribution in [0.4, 0.5) is 11.4 Å². The Labute approximate surface area is 113 Å². The topological polar surface area (TPSA) is 69.8 Å². The Bertz CT molecular complexity index is 474. The highest BCUT2D eigenvalue weighted by molar-refractivity contribution is 5.90. The molecular formula is C14H21N3O2. The number of carbonyl (C=O) groups is 1. The third kappa shape index (κ3) is 2.98. The van der Waals surface area contributed by atoms with Crippen LogP contribution >= 0.6 is 0 Å². The predicted molar refractivity (Wildman–Crippen MR) is 76.7 cm³/mol. The highest BCUT2D eigenvalue weighted by Crippen LogP contribution is 2.31. The number of anilines is 2. The van der Waals surface area contributed by atoms with E-state index in [0.29, 0.717) is 11.7 Å². The molecule has 0 aromatic heterocycles. The minimum atomic E-state index is -0.940. The van der Waals surface area contributed by atoms with Crippen LogP contribution < -0.4 is 10.6 Å². The van der Waals surface area contributed by atoms with Gasteiger partial charge in [-0.3, -0.25) is 0 Å². The minimum Gasteiger partial charge on any atom is -0.478 e. The van der Waals surface area contributed by atoms with E-state index in [2.05, 4.69) is 23.9 Å². The molecule has 104 valence electrons. The molecule has 1 atom stereocenters. The van der Waals surface area contributed by atoms with Crippen molar-refractivity contribution >= 4 is 17.3 Å². The maximum Gasteiger partial charge on any atom is 0.335 e. The van der Waals surface area contributed by atoms with Crippen LogP contribution in [0.2, 0.25) is 0 Å². The molecule has 0 radical (unpaired) electrons. The van der Waals surface area contributed by atoms with Crippen LogP contribution in [-0.4, -0.2) is 49.2 Å². The van der Waals surface area contributed by atoms with E-state index in [4.69, 9.17) is 10.8 Å². The number of nitrogens with zero attached hydrogens (tertiary/aromatic N) is 2. The van der Waals surface area contributed by atoms with Crippen molar-refractivity contribution in [1.29, 1.82) is 0 Å². The predicted octanol–water partition coefficient (Wildman–Crippen LogP) is 1.50. The number of aromatic carboxylic acids is 1. The van der Waals surface area contributed by atoms with Gasteiger partial charge in [0, 0.05) is 19.1 Å². The molecule has 1 aromatic carbocycles. The third-order valence-corrected chi connectivity index (χ3v) is 3.54. The van der Waals surface area contributed by atoms with E-state index in [9.17, 15) is 4.79 Å². The Hall–Kier alpha value is -1.75. The first kappa shape index (κ1) is 13.7. The van der Waals surface area contributed by atoms with Gasteiger partial charge in [-0.25, -0.2) is 4.79 Å². The van der Waals surface area contributed by atoms with Gasteiger partial charge in [-0.05, 0) is 45.1 Å². The summed E-state index contributed by atoms with van der Waals surface area (Å²) in [5, 5.41) is 8.96. The summed E-state index contributed by atoms with van der Waals surface area (Å²) in [6, 6.07) is 5.45. The summed E-state index contributed by atoms with van der Waals surface area (Å²) in [4.78, 5) is 15.4. The molecule has 1 aliphatic heterocycles. The average Bonchev–Trinajstić information content (AvgIpc) is 2.75. The number of benzene rings is 1. The van der Waals surface area contributed by atoms with E-state index in [1.807, 2.05) is 6.07 Å². The number of nitrogens with two attached hydrogens (primary N) is 1. The van der Waals surface area contributed by atoms with Gasteiger partial charge in [0.15, 0.2) is 0 Å². The molecule has 1 aromatic rings. The van der Waals surface area contributed by atoms with Crippen molar-refractivity contribution < 1.29 is 9.90 Å². The second-order valence-corrected chi connectivity index (χ2v) is 5.33. The van der Waals surface area contributed by atoms with Crippen LogP contribution in [-0.2, 0) is 0 Å². The Kier molecular flexibility index (Phi) is 3.95. The van der Waals surface area contributed by atoms with Crippen molar-refractivity contribution in [3.05, 3.63) is 23.8 Å². The Balaban J connectivity index is 2.23. The van der Waals surface area contributed by atoms with Gasteiger partial charge in [0.1, 0.15) is 0 Å². The Morgan fingerprint density at radius 3 is 2.84 bits per heavy atom. The molecule has 0 saturated carbocycles. The fourth-order valence-electron chi connectivity index (χ4n) is 2.71. The molecular weight excluding hydrogens is 242 g/mol. The first-order valence-electron chi connectivity index (χ1n) is 6.53. The average molecular weight is 263 g/mol. The molecule has 5 heteroatoms. The molecule has 0 aliphatic carbocycles. The summed E-state index contributed by atoms with van der Waals surface area (Å²) in [5.41, 5.74) is 7.75. The van der Waals surface area contributed by atoms with Gasteiger partial charge in [0.05, 0.1) is 16.9 Å². The van der Waals surface area contributed by atoms with Crippen molar-refractivity contribution in [3.8, 4) is 0 Å². The minimum absolute atomic E-state index is 0.240. The summed E-state index contributed by atoms with van der Waals surface area (Å²) in [6.07, 6.45) is 2.30. The van der Waals surface area contributed by atoms with Gasteiger partial charge in [0.2, 0.25) is 0 Å². The van der Waals surface area contributed by atoms with E-state index in [1.165, 1.54) is 0 Å². The van der Waals surface area contributed by atoms with E-state index in [-0.39, 0.29) is 5.56 Å². The molecule has 19 heavy (non-hydrogen) atoms. The molecule has 1 fully saturated rings. The summed E-state index contributed by atoms with van der Waals surface area (Å²) in [6.45, 7) is 1.97. The van der Waals surface area contributed by atoms with E-state index in [0.717, 1.165) is 31.6 Å². The number of hydrogen-bond acceptors (Lipinski definition) is 4. The second kappa shape index (κ2) is 5.48. The molecule has 0 bridgehead atoms. The standard InChI is InChI=1S/C14H21N3O2/c1-16(2)9-11-4-3-7-17(11)13-6-5-10(14(18)19)8-12(13)15/h5-6,8,11H,3-4,7,9,15H2,1-2H3,(H,18,19). The molecule has 5 nitrogen and oxygen atoms in total. The Morgan fingerprint density at radius 2 is 2.26 bits per heavy atom. The fourth-order valence-corrected chi connectivity index (χ4v) is 2.71. The summed E-state index contributed by atoms with van der Waals surface area (Å²) in [5.74, 6) is -0.940. The van der Waals surface area contributed by atoms with Crippen molar-refractivity contribution in [1.82, 2.24) is 4.90 Å². The molecule has 2 rings (SSSR count). The van der Waals surface area contributed by atoms with Crippen LogP contribution in [0.15, 0.2) is 18.2 Å². The van der Waals surface area contributed by atoms with Crippen molar-refractivity contribution in [3.63, 3.8) is 0 Å². The number of likely N-dealkylation sites (N-methyl/N-ethyl adjacent to an activating group) is 1. The van der Waals surface area contributed by atoms with Crippen LogP contribution in [0, 0.1) is 0 Å². The van der Waals surface area contributed by atoms with Crippen LogP contribution in [0.3, 0.4) is 0 Å². The summed E-state index contributed by atoms with van der Waals surface area (Å²) < 4.78 is 0. The van der Waals surface area contributed by atoms with Gasteiger partial charge < -0.3 is 20.6 Å².